The molecule has 0 aliphatic rings. The minimum Gasteiger partial charge on any atom is -0.326 e. The van der Waals surface area contributed by atoms with Crippen LogP contribution in [0.4, 0.5) is 8.78 Å². The van der Waals surface area contributed by atoms with Gasteiger partial charge in [0, 0.05) is 12.4 Å². The number of rotatable bonds is 1. The van der Waals surface area contributed by atoms with Crippen LogP contribution >= 0.6 is 0 Å². The van der Waals surface area contributed by atoms with E-state index in [1.54, 1.807) is 0 Å². The predicted octanol–water partition coefficient (Wildman–Crippen LogP) is 2.02. The molecule has 0 radical (unpaired) electrons. The second kappa shape index (κ2) is 3.84. The predicted molar refractivity (Wildman–Crippen MR) is 54.9 cm³/mol. The molecule has 0 amide bonds. The maximum Gasteiger partial charge on any atom is 0.274 e. The summed E-state index contributed by atoms with van der Waals surface area (Å²) < 4.78 is 27.2. The summed E-state index contributed by atoms with van der Waals surface area (Å²) in [7, 11) is 0. The van der Waals surface area contributed by atoms with Crippen molar-refractivity contribution in [3.63, 3.8) is 0 Å². The number of hydrogen-bond donors (Lipinski definition) is 1. The third kappa shape index (κ3) is 1.60. The van der Waals surface area contributed by atoms with Crippen molar-refractivity contribution in [2.75, 3.05) is 0 Å². The fourth-order valence-electron chi connectivity index (χ4n) is 1.40. The minimum atomic E-state index is -0.799. The van der Waals surface area contributed by atoms with Gasteiger partial charge in [-0.2, -0.15) is 0 Å². The highest BCUT2D eigenvalue weighted by molar-refractivity contribution is 5.60. The number of H-pyrrole nitrogens is 1. The van der Waals surface area contributed by atoms with E-state index in [1.165, 1.54) is 25.4 Å². The highest BCUT2D eigenvalue weighted by Crippen LogP contribution is 2.23. The van der Waals surface area contributed by atoms with Crippen LogP contribution < -0.4 is 5.56 Å². The number of nitrogens with zero attached hydrogens (tertiary/aromatic N) is 1. The van der Waals surface area contributed by atoms with Gasteiger partial charge in [-0.3, -0.25) is 4.79 Å². The number of benzene rings is 1. The van der Waals surface area contributed by atoms with Gasteiger partial charge in [0.05, 0.1) is 5.56 Å². The number of aromatic amines is 1. The first-order chi connectivity index (χ1) is 7.61. The molecule has 82 valence electrons. The van der Waals surface area contributed by atoms with Crippen LogP contribution in [0.15, 0.2) is 29.3 Å². The molecule has 0 saturated carbocycles. The van der Waals surface area contributed by atoms with Crippen molar-refractivity contribution in [3.05, 3.63) is 52.1 Å². The monoisotopic (exact) mass is 222 g/mol. The molecule has 2 rings (SSSR count). The lowest BCUT2D eigenvalue weighted by Crippen LogP contribution is -2.12. The molecule has 5 heteroatoms. The molecule has 1 heterocycles. The van der Waals surface area contributed by atoms with E-state index in [4.69, 9.17) is 0 Å². The SMILES string of the molecule is Cc1ccc(F)c(-c2ncc[nH]c2=O)c1F. The zero-order valence-electron chi connectivity index (χ0n) is 8.42. The summed E-state index contributed by atoms with van der Waals surface area (Å²) in [5, 5.41) is 0. The van der Waals surface area contributed by atoms with Crippen molar-refractivity contribution < 1.29 is 8.78 Å². The average molecular weight is 222 g/mol. The van der Waals surface area contributed by atoms with Crippen molar-refractivity contribution in [2.24, 2.45) is 0 Å². The van der Waals surface area contributed by atoms with Gasteiger partial charge >= 0.3 is 0 Å². The number of nitrogens with one attached hydrogen (secondary N) is 1. The zero-order valence-corrected chi connectivity index (χ0v) is 8.42. The highest BCUT2D eigenvalue weighted by atomic mass is 19.1. The van der Waals surface area contributed by atoms with E-state index in [9.17, 15) is 13.6 Å². The van der Waals surface area contributed by atoms with Gasteiger partial charge in [-0.25, -0.2) is 13.8 Å². The van der Waals surface area contributed by atoms with Crippen molar-refractivity contribution in [3.8, 4) is 11.3 Å². The van der Waals surface area contributed by atoms with Crippen LogP contribution in [0.1, 0.15) is 5.56 Å². The van der Waals surface area contributed by atoms with Crippen LogP contribution in [0, 0.1) is 18.6 Å². The smallest absolute Gasteiger partial charge is 0.274 e. The van der Waals surface area contributed by atoms with Crippen LogP contribution in [0.3, 0.4) is 0 Å². The Hall–Kier alpha value is -2.04. The van der Waals surface area contributed by atoms with E-state index in [2.05, 4.69) is 9.97 Å². The van der Waals surface area contributed by atoms with Crippen molar-refractivity contribution >= 4 is 0 Å². The quantitative estimate of drug-likeness (QED) is 0.802. The van der Waals surface area contributed by atoms with E-state index < -0.39 is 17.2 Å². The maximum absolute atomic E-state index is 13.7. The van der Waals surface area contributed by atoms with Gasteiger partial charge in [-0.1, -0.05) is 6.07 Å². The Bertz CT molecular complexity index is 593. The van der Waals surface area contributed by atoms with Crippen LogP contribution in [0.25, 0.3) is 11.3 Å². The summed E-state index contributed by atoms with van der Waals surface area (Å²) in [5.74, 6) is -1.56. The highest BCUT2D eigenvalue weighted by Gasteiger charge is 2.17. The average Bonchev–Trinajstić information content (AvgIpc) is 2.27. The van der Waals surface area contributed by atoms with Gasteiger partial charge < -0.3 is 4.98 Å². The Labute approximate surface area is 89.8 Å². The first-order valence-corrected chi connectivity index (χ1v) is 4.60. The van der Waals surface area contributed by atoms with Gasteiger partial charge in [0.15, 0.2) is 0 Å². The summed E-state index contributed by atoms with van der Waals surface area (Å²) in [6.07, 6.45) is 2.58. The molecule has 0 aliphatic heterocycles. The first kappa shape index (κ1) is 10.5. The Morgan fingerprint density at radius 1 is 1.31 bits per heavy atom. The zero-order chi connectivity index (χ0) is 11.7. The second-order valence-corrected chi connectivity index (χ2v) is 3.32. The molecule has 0 aliphatic carbocycles. The van der Waals surface area contributed by atoms with Crippen molar-refractivity contribution in [1.29, 1.82) is 0 Å². The summed E-state index contributed by atoms with van der Waals surface area (Å²) in [4.78, 5) is 17.4. The third-order valence-corrected chi connectivity index (χ3v) is 2.23. The van der Waals surface area contributed by atoms with Crippen LogP contribution in [0.2, 0.25) is 0 Å². The lowest BCUT2D eigenvalue weighted by atomic mass is 10.1. The fraction of sp³-hybridized carbons (Fsp3) is 0.0909. The van der Waals surface area contributed by atoms with Gasteiger partial charge in [0.2, 0.25) is 0 Å². The molecule has 3 nitrogen and oxygen atoms in total. The van der Waals surface area contributed by atoms with Gasteiger partial charge in [-0.05, 0) is 18.6 Å². The van der Waals surface area contributed by atoms with Crippen LogP contribution in [0.5, 0.6) is 0 Å². The Morgan fingerprint density at radius 3 is 2.75 bits per heavy atom. The summed E-state index contributed by atoms with van der Waals surface area (Å²) >= 11 is 0. The summed E-state index contributed by atoms with van der Waals surface area (Å²) in [6.45, 7) is 1.50. The molecule has 0 unspecified atom stereocenters. The minimum absolute atomic E-state index is 0.249. The molecule has 0 spiro atoms. The standard InChI is InChI=1S/C11H8F2N2O/c1-6-2-3-7(12)8(9(6)13)10-11(16)15-5-4-14-10/h2-5H,1H3,(H,15,16). The molecule has 0 atom stereocenters. The van der Waals surface area contributed by atoms with Crippen LogP contribution in [-0.4, -0.2) is 9.97 Å². The molecule has 0 bridgehead atoms. The normalized spacial score (nSPS) is 10.4. The molecule has 1 N–H and O–H groups in total. The van der Waals surface area contributed by atoms with Gasteiger partial charge in [0.1, 0.15) is 17.3 Å². The second-order valence-electron chi connectivity index (χ2n) is 3.32. The summed E-state index contributed by atoms with van der Waals surface area (Å²) in [6, 6.07) is 2.42. The number of halogens is 2. The largest absolute Gasteiger partial charge is 0.326 e. The first-order valence-electron chi connectivity index (χ1n) is 4.60. The van der Waals surface area contributed by atoms with Gasteiger partial charge in [0.25, 0.3) is 5.56 Å². The molecule has 1 aromatic heterocycles. The Balaban J connectivity index is 2.79. The van der Waals surface area contributed by atoms with E-state index in [1.807, 2.05) is 0 Å². The topological polar surface area (TPSA) is 45.8 Å². The molecular formula is C11H8F2N2O. The van der Waals surface area contributed by atoms with E-state index in [-0.39, 0.29) is 16.8 Å². The van der Waals surface area contributed by atoms with Gasteiger partial charge in [-0.15, -0.1) is 0 Å². The van der Waals surface area contributed by atoms with E-state index in [0.29, 0.717) is 0 Å². The van der Waals surface area contributed by atoms with Crippen molar-refractivity contribution in [1.82, 2.24) is 9.97 Å². The molecular weight excluding hydrogens is 214 g/mol. The molecule has 16 heavy (non-hydrogen) atoms. The maximum atomic E-state index is 13.7. The number of hydrogen-bond acceptors (Lipinski definition) is 2. The summed E-state index contributed by atoms with van der Waals surface area (Å²) in [5.41, 5.74) is -0.990. The number of aryl methyl sites for hydroxylation is 1. The Kier molecular flexibility index (Phi) is 2.52. The van der Waals surface area contributed by atoms with Crippen LogP contribution in [-0.2, 0) is 0 Å². The fourth-order valence-corrected chi connectivity index (χ4v) is 1.40. The molecule has 0 fully saturated rings. The lowest BCUT2D eigenvalue weighted by Gasteiger charge is -2.05. The Morgan fingerprint density at radius 2 is 2.06 bits per heavy atom. The lowest BCUT2D eigenvalue weighted by molar-refractivity contribution is 0.582. The molecule has 1 aromatic carbocycles. The van der Waals surface area contributed by atoms with E-state index in [0.717, 1.165) is 6.07 Å². The molecule has 0 saturated heterocycles. The van der Waals surface area contributed by atoms with Crippen molar-refractivity contribution in [2.45, 2.75) is 6.92 Å². The molecule has 2 aromatic rings. The van der Waals surface area contributed by atoms with E-state index >= 15 is 0 Å². The number of aromatic nitrogens is 2. The third-order valence-electron chi connectivity index (χ3n) is 2.23.